The maximum Gasteiger partial charge on any atom is 0.393 e. The van der Waals surface area contributed by atoms with Crippen molar-refractivity contribution in [2.45, 2.75) is 31.7 Å². The summed E-state index contributed by atoms with van der Waals surface area (Å²) in [5.41, 5.74) is 1.72. The Morgan fingerprint density at radius 2 is 1.77 bits per heavy atom. The number of nitriles is 1. The lowest BCUT2D eigenvalue weighted by Gasteiger charge is -2.25. The summed E-state index contributed by atoms with van der Waals surface area (Å²) in [6.07, 6.45) is -4.19. The van der Waals surface area contributed by atoms with Crippen LogP contribution in [0.3, 0.4) is 0 Å². The Kier molecular flexibility index (Phi) is 5.36. The standard InChI is InChI=1S/C20H19F3N2O/c21-20(22,23)16-12-18(10-11-24)25(13-16)17-6-8-19(9-7-17)26-14-15-4-2-1-3-5-15/h1-9,16,18H,10,12-14H2. The third-order valence-electron chi connectivity index (χ3n) is 4.62. The molecule has 0 saturated carbocycles. The highest BCUT2D eigenvalue weighted by atomic mass is 19.4. The Morgan fingerprint density at radius 1 is 1.08 bits per heavy atom. The molecule has 3 nitrogen and oxygen atoms in total. The quantitative estimate of drug-likeness (QED) is 0.758. The van der Waals surface area contributed by atoms with Crippen molar-refractivity contribution in [1.29, 1.82) is 5.26 Å². The molecule has 2 unspecified atom stereocenters. The number of ether oxygens (including phenoxy) is 1. The lowest BCUT2D eigenvalue weighted by atomic mass is 10.0. The van der Waals surface area contributed by atoms with Crippen molar-refractivity contribution in [3.63, 3.8) is 0 Å². The Hall–Kier alpha value is -2.68. The molecule has 0 N–H and O–H groups in total. The smallest absolute Gasteiger partial charge is 0.393 e. The largest absolute Gasteiger partial charge is 0.489 e. The lowest BCUT2D eigenvalue weighted by Crippen LogP contribution is -2.30. The summed E-state index contributed by atoms with van der Waals surface area (Å²) >= 11 is 0. The summed E-state index contributed by atoms with van der Waals surface area (Å²) in [5.74, 6) is -0.740. The molecule has 0 bridgehead atoms. The van der Waals surface area contributed by atoms with Gasteiger partial charge >= 0.3 is 6.18 Å². The predicted molar refractivity (Wildman–Crippen MR) is 92.7 cm³/mol. The Balaban J connectivity index is 1.67. The first-order valence-electron chi connectivity index (χ1n) is 8.44. The fourth-order valence-electron chi connectivity index (χ4n) is 3.24. The van der Waals surface area contributed by atoms with E-state index in [-0.39, 0.29) is 19.4 Å². The molecule has 1 aliphatic heterocycles. The molecule has 26 heavy (non-hydrogen) atoms. The summed E-state index contributed by atoms with van der Waals surface area (Å²) < 4.78 is 44.9. The minimum absolute atomic E-state index is 0.0384. The van der Waals surface area contributed by atoms with Crippen molar-refractivity contribution in [1.82, 2.24) is 0 Å². The summed E-state index contributed by atoms with van der Waals surface area (Å²) in [6.45, 7) is 0.317. The van der Waals surface area contributed by atoms with Crippen LogP contribution in [0.5, 0.6) is 5.75 Å². The summed E-state index contributed by atoms with van der Waals surface area (Å²) in [4.78, 5) is 1.68. The average molecular weight is 360 g/mol. The number of hydrogen-bond acceptors (Lipinski definition) is 3. The zero-order valence-corrected chi connectivity index (χ0v) is 14.1. The van der Waals surface area contributed by atoms with Gasteiger partial charge in [-0.3, -0.25) is 0 Å². The van der Waals surface area contributed by atoms with Crippen LogP contribution in [0.4, 0.5) is 18.9 Å². The van der Waals surface area contributed by atoms with Crippen LogP contribution >= 0.6 is 0 Å². The zero-order chi connectivity index (χ0) is 18.6. The maximum atomic E-state index is 13.1. The van der Waals surface area contributed by atoms with Crippen molar-refractivity contribution in [2.24, 2.45) is 5.92 Å². The van der Waals surface area contributed by atoms with Crippen LogP contribution in [-0.4, -0.2) is 18.8 Å². The summed E-state index contributed by atoms with van der Waals surface area (Å²) in [6, 6.07) is 18.3. The van der Waals surface area contributed by atoms with Crippen LogP contribution in [0, 0.1) is 17.2 Å². The van der Waals surface area contributed by atoms with Gasteiger partial charge in [-0.1, -0.05) is 30.3 Å². The highest BCUT2D eigenvalue weighted by Crippen LogP contribution is 2.39. The second-order valence-corrected chi connectivity index (χ2v) is 6.41. The van der Waals surface area contributed by atoms with Gasteiger partial charge in [-0.05, 0) is 36.2 Å². The molecule has 136 valence electrons. The van der Waals surface area contributed by atoms with E-state index in [1.54, 1.807) is 29.2 Å². The molecule has 1 fully saturated rings. The van der Waals surface area contributed by atoms with Crippen molar-refractivity contribution in [3.05, 3.63) is 60.2 Å². The number of alkyl halides is 3. The van der Waals surface area contributed by atoms with E-state index < -0.39 is 18.1 Å². The minimum atomic E-state index is -4.23. The lowest BCUT2D eigenvalue weighted by molar-refractivity contribution is -0.168. The van der Waals surface area contributed by atoms with Crippen molar-refractivity contribution >= 4 is 5.69 Å². The van der Waals surface area contributed by atoms with Crippen LogP contribution in [-0.2, 0) is 6.61 Å². The number of halogens is 3. The number of rotatable bonds is 5. The van der Waals surface area contributed by atoms with Gasteiger partial charge in [-0.15, -0.1) is 0 Å². The van der Waals surface area contributed by atoms with Gasteiger partial charge in [-0.25, -0.2) is 0 Å². The molecule has 1 heterocycles. The van der Waals surface area contributed by atoms with Gasteiger partial charge in [0.15, 0.2) is 0 Å². The third-order valence-corrected chi connectivity index (χ3v) is 4.62. The maximum absolute atomic E-state index is 13.1. The molecule has 2 aromatic rings. The summed E-state index contributed by atoms with van der Waals surface area (Å²) in [5, 5.41) is 8.92. The van der Waals surface area contributed by atoms with E-state index in [1.807, 2.05) is 36.4 Å². The molecule has 0 radical (unpaired) electrons. The van der Waals surface area contributed by atoms with Gasteiger partial charge in [-0.2, -0.15) is 18.4 Å². The first kappa shape index (κ1) is 18.1. The fraction of sp³-hybridized carbons (Fsp3) is 0.350. The Morgan fingerprint density at radius 3 is 2.38 bits per heavy atom. The molecule has 0 amide bonds. The monoisotopic (exact) mass is 360 g/mol. The molecule has 2 aromatic carbocycles. The van der Waals surface area contributed by atoms with Gasteiger partial charge < -0.3 is 9.64 Å². The summed E-state index contributed by atoms with van der Waals surface area (Å²) in [7, 11) is 0. The van der Waals surface area contributed by atoms with E-state index in [0.29, 0.717) is 18.0 Å². The van der Waals surface area contributed by atoms with Crippen LogP contribution in [0.1, 0.15) is 18.4 Å². The minimum Gasteiger partial charge on any atom is -0.489 e. The molecular formula is C20H19F3N2O. The second kappa shape index (κ2) is 7.69. The van der Waals surface area contributed by atoms with Gasteiger partial charge in [0.25, 0.3) is 0 Å². The van der Waals surface area contributed by atoms with Gasteiger partial charge in [0, 0.05) is 18.3 Å². The number of benzene rings is 2. The van der Waals surface area contributed by atoms with Gasteiger partial charge in [0.2, 0.25) is 0 Å². The van der Waals surface area contributed by atoms with Crippen LogP contribution in [0.25, 0.3) is 0 Å². The molecule has 3 rings (SSSR count). The molecule has 0 aromatic heterocycles. The highest BCUT2D eigenvalue weighted by Gasteiger charge is 2.47. The molecule has 0 spiro atoms. The predicted octanol–water partition coefficient (Wildman–Crippen LogP) is 4.94. The normalized spacial score (nSPS) is 20.0. The average Bonchev–Trinajstić information content (AvgIpc) is 3.06. The van der Waals surface area contributed by atoms with Crippen LogP contribution in [0.2, 0.25) is 0 Å². The number of nitrogens with zero attached hydrogens (tertiary/aromatic N) is 2. The number of hydrogen-bond donors (Lipinski definition) is 0. The highest BCUT2D eigenvalue weighted by molar-refractivity contribution is 5.51. The Bertz CT molecular complexity index is 753. The molecule has 1 saturated heterocycles. The van der Waals surface area contributed by atoms with E-state index in [9.17, 15) is 13.2 Å². The van der Waals surface area contributed by atoms with Crippen LogP contribution < -0.4 is 9.64 Å². The molecule has 6 heteroatoms. The SMILES string of the molecule is N#CCC1CC(C(F)(F)F)CN1c1ccc(OCc2ccccc2)cc1. The van der Waals surface area contributed by atoms with Crippen molar-refractivity contribution in [2.75, 3.05) is 11.4 Å². The molecule has 2 atom stereocenters. The van der Waals surface area contributed by atoms with Crippen molar-refractivity contribution in [3.8, 4) is 11.8 Å². The van der Waals surface area contributed by atoms with Crippen LogP contribution in [0.15, 0.2) is 54.6 Å². The number of anilines is 1. The van der Waals surface area contributed by atoms with E-state index >= 15 is 0 Å². The molecule has 0 aliphatic carbocycles. The van der Waals surface area contributed by atoms with E-state index in [1.165, 1.54) is 0 Å². The first-order chi connectivity index (χ1) is 12.5. The van der Waals surface area contributed by atoms with Crippen molar-refractivity contribution < 1.29 is 17.9 Å². The van der Waals surface area contributed by atoms with E-state index in [2.05, 4.69) is 0 Å². The Labute approximate surface area is 150 Å². The molecular weight excluding hydrogens is 341 g/mol. The van der Waals surface area contributed by atoms with Gasteiger partial charge in [0.05, 0.1) is 18.4 Å². The van der Waals surface area contributed by atoms with E-state index in [0.717, 1.165) is 5.56 Å². The third kappa shape index (κ3) is 4.29. The topological polar surface area (TPSA) is 36.3 Å². The second-order valence-electron chi connectivity index (χ2n) is 6.41. The molecule has 1 aliphatic rings. The fourth-order valence-corrected chi connectivity index (χ4v) is 3.24. The van der Waals surface area contributed by atoms with E-state index in [4.69, 9.17) is 10.00 Å². The zero-order valence-electron chi connectivity index (χ0n) is 14.1. The van der Waals surface area contributed by atoms with Gasteiger partial charge in [0.1, 0.15) is 12.4 Å². The first-order valence-corrected chi connectivity index (χ1v) is 8.44.